The Morgan fingerprint density at radius 2 is 1.76 bits per heavy atom. The number of para-hydroxylation sites is 1. The van der Waals surface area contributed by atoms with Crippen molar-refractivity contribution in [2.24, 2.45) is 0 Å². The molecular formula is C15H14BrF2NO2. The average molecular weight is 358 g/mol. The van der Waals surface area contributed by atoms with Crippen LogP contribution in [0.1, 0.15) is 13.8 Å². The first-order chi connectivity index (χ1) is 9.88. The maximum absolute atomic E-state index is 13.7. The maximum atomic E-state index is 13.7. The molecule has 0 aliphatic heterocycles. The molecule has 0 bridgehead atoms. The van der Waals surface area contributed by atoms with E-state index in [-0.39, 0.29) is 23.3 Å². The molecule has 2 rings (SSSR count). The molecular weight excluding hydrogens is 344 g/mol. The topological polar surface area (TPSA) is 44.5 Å². The third kappa shape index (κ3) is 3.64. The summed E-state index contributed by atoms with van der Waals surface area (Å²) in [6, 6.07) is 7.24. The molecule has 2 N–H and O–H groups in total. The van der Waals surface area contributed by atoms with Gasteiger partial charge in [-0.15, -0.1) is 0 Å². The summed E-state index contributed by atoms with van der Waals surface area (Å²) in [6.07, 6.45) is -0.0670. The summed E-state index contributed by atoms with van der Waals surface area (Å²) < 4.78 is 38.3. The van der Waals surface area contributed by atoms with Gasteiger partial charge in [0.2, 0.25) is 5.82 Å². The minimum absolute atomic E-state index is 0.0670. The predicted octanol–water partition coefficient (Wildman–Crippen LogP) is 4.89. The monoisotopic (exact) mass is 357 g/mol. The van der Waals surface area contributed by atoms with Gasteiger partial charge < -0.3 is 15.2 Å². The SMILES string of the molecule is CC(C)Oc1cccc(Oc2cc(Br)cc(F)c2F)c1N. The third-order valence-corrected chi connectivity index (χ3v) is 3.03. The van der Waals surface area contributed by atoms with Gasteiger partial charge in [0.05, 0.1) is 6.10 Å². The lowest BCUT2D eigenvalue weighted by atomic mass is 10.2. The van der Waals surface area contributed by atoms with Crippen LogP contribution in [0.25, 0.3) is 0 Å². The highest BCUT2D eigenvalue weighted by Crippen LogP contribution is 2.37. The highest BCUT2D eigenvalue weighted by molar-refractivity contribution is 9.10. The van der Waals surface area contributed by atoms with Gasteiger partial charge in [0, 0.05) is 4.47 Å². The minimum atomic E-state index is -1.08. The van der Waals surface area contributed by atoms with Gasteiger partial charge in [0.25, 0.3) is 0 Å². The second-order valence-corrected chi connectivity index (χ2v) is 5.55. The Kier molecular flexibility index (Phi) is 4.67. The van der Waals surface area contributed by atoms with E-state index in [0.29, 0.717) is 10.2 Å². The molecule has 0 aromatic heterocycles. The Morgan fingerprint density at radius 3 is 2.43 bits per heavy atom. The number of benzene rings is 2. The molecule has 2 aromatic carbocycles. The second kappa shape index (κ2) is 6.30. The molecule has 0 atom stereocenters. The molecule has 21 heavy (non-hydrogen) atoms. The van der Waals surface area contributed by atoms with Crippen LogP contribution in [0.2, 0.25) is 0 Å². The average Bonchev–Trinajstić information content (AvgIpc) is 2.39. The fraction of sp³-hybridized carbons (Fsp3) is 0.200. The molecule has 0 amide bonds. The van der Waals surface area contributed by atoms with E-state index in [4.69, 9.17) is 15.2 Å². The zero-order valence-corrected chi connectivity index (χ0v) is 13.1. The van der Waals surface area contributed by atoms with Crippen LogP contribution in [-0.2, 0) is 0 Å². The Morgan fingerprint density at radius 1 is 1.10 bits per heavy atom. The standard InChI is InChI=1S/C15H14BrF2NO2/c1-8(2)20-11-4-3-5-12(15(11)19)21-13-7-9(16)6-10(17)14(13)18/h3-8H,19H2,1-2H3. The van der Waals surface area contributed by atoms with E-state index in [1.165, 1.54) is 6.07 Å². The van der Waals surface area contributed by atoms with Gasteiger partial charge in [-0.05, 0) is 38.1 Å². The van der Waals surface area contributed by atoms with Gasteiger partial charge in [0.15, 0.2) is 17.3 Å². The lowest BCUT2D eigenvalue weighted by Gasteiger charge is -2.15. The zero-order valence-electron chi connectivity index (χ0n) is 11.5. The lowest BCUT2D eigenvalue weighted by molar-refractivity contribution is 0.243. The van der Waals surface area contributed by atoms with Gasteiger partial charge >= 0.3 is 0 Å². The van der Waals surface area contributed by atoms with Crippen molar-refractivity contribution in [3.8, 4) is 17.2 Å². The Bertz CT molecular complexity index is 662. The van der Waals surface area contributed by atoms with E-state index in [0.717, 1.165) is 6.07 Å². The fourth-order valence-electron chi connectivity index (χ4n) is 1.69. The van der Waals surface area contributed by atoms with Crippen molar-refractivity contribution in [1.82, 2.24) is 0 Å². The minimum Gasteiger partial charge on any atom is -0.489 e. The van der Waals surface area contributed by atoms with Crippen molar-refractivity contribution in [3.05, 3.63) is 46.4 Å². The Balaban J connectivity index is 2.36. The largest absolute Gasteiger partial charge is 0.489 e. The van der Waals surface area contributed by atoms with E-state index in [2.05, 4.69) is 15.9 Å². The van der Waals surface area contributed by atoms with E-state index < -0.39 is 11.6 Å². The smallest absolute Gasteiger partial charge is 0.201 e. The molecule has 0 heterocycles. The van der Waals surface area contributed by atoms with Crippen molar-refractivity contribution in [2.75, 3.05) is 5.73 Å². The molecule has 0 aliphatic carbocycles. The summed E-state index contributed by atoms with van der Waals surface area (Å²) in [4.78, 5) is 0. The quantitative estimate of drug-likeness (QED) is 0.625. The van der Waals surface area contributed by atoms with E-state index >= 15 is 0 Å². The maximum Gasteiger partial charge on any atom is 0.201 e. The first kappa shape index (κ1) is 15.6. The summed E-state index contributed by atoms with van der Waals surface area (Å²) in [7, 11) is 0. The normalized spacial score (nSPS) is 10.8. The molecule has 6 heteroatoms. The molecule has 0 saturated heterocycles. The molecule has 0 aliphatic rings. The number of hydrogen-bond acceptors (Lipinski definition) is 3. The van der Waals surface area contributed by atoms with Crippen LogP contribution < -0.4 is 15.2 Å². The van der Waals surface area contributed by atoms with E-state index in [1.54, 1.807) is 18.2 Å². The van der Waals surface area contributed by atoms with Crippen LogP contribution in [0, 0.1) is 11.6 Å². The number of nitrogen functional groups attached to an aromatic ring is 1. The first-order valence-electron chi connectivity index (χ1n) is 6.26. The second-order valence-electron chi connectivity index (χ2n) is 4.64. The summed E-state index contributed by atoms with van der Waals surface area (Å²) in [5.74, 6) is -1.71. The molecule has 0 saturated carbocycles. The number of nitrogens with two attached hydrogens (primary N) is 1. The van der Waals surface area contributed by atoms with Crippen LogP contribution in [0.15, 0.2) is 34.8 Å². The Labute approximate surface area is 129 Å². The molecule has 0 fully saturated rings. The van der Waals surface area contributed by atoms with Gasteiger partial charge in [-0.2, -0.15) is 4.39 Å². The van der Waals surface area contributed by atoms with Gasteiger partial charge in [-0.3, -0.25) is 0 Å². The van der Waals surface area contributed by atoms with Crippen LogP contribution in [0.3, 0.4) is 0 Å². The predicted molar refractivity (Wildman–Crippen MR) is 80.8 cm³/mol. The number of hydrogen-bond donors (Lipinski definition) is 1. The van der Waals surface area contributed by atoms with E-state index in [9.17, 15) is 8.78 Å². The molecule has 2 aromatic rings. The van der Waals surface area contributed by atoms with Crippen molar-refractivity contribution in [3.63, 3.8) is 0 Å². The van der Waals surface area contributed by atoms with Gasteiger partial charge in [0.1, 0.15) is 11.4 Å². The highest BCUT2D eigenvalue weighted by Gasteiger charge is 2.15. The first-order valence-corrected chi connectivity index (χ1v) is 7.05. The van der Waals surface area contributed by atoms with Crippen molar-refractivity contribution in [2.45, 2.75) is 20.0 Å². The van der Waals surface area contributed by atoms with Crippen LogP contribution >= 0.6 is 15.9 Å². The van der Waals surface area contributed by atoms with E-state index in [1.807, 2.05) is 13.8 Å². The van der Waals surface area contributed by atoms with Gasteiger partial charge in [-0.1, -0.05) is 22.0 Å². The lowest BCUT2D eigenvalue weighted by Crippen LogP contribution is -2.08. The number of halogens is 3. The summed E-state index contributed by atoms with van der Waals surface area (Å²) in [5, 5.41) is 0. The zero-order chi connectivity index (χ0) is 15.6. The third-order valence-electron chi connectivity index (χ3n) is 2.57. The van der Waals surface area contributed by atoms with Crippen LogP contribution in [0.5, 0.6) is 17.2 Å². The molecule has 0 unspecified atom stereocenters. The number of anilines is 1. The van der Waals surface area contributed by atoms with Crippen LogP contribution in [0.4, 0.5) is 14.5 Å². The fourth-order valence-corrected chi connectivity index (χ4v) is 2.10. The molecule has 0 radical (unpaired) electrons. The summed E-state index contributed by atoms with van der Waals surface area (Å²) >= 11 is 3.08. The highest BCUT2D eigenvalue weighted by atomic mass is 79.9. The van der Waals surface area contributed by atoms with Crippen LogP contribution in [-0.4, -0.2) is 6.10 Å². The number of ether oxygens (including phenoxy) is 2. The van der Waals surface area contributed by atoms with Crippen molar-refractivity contribution in [1.29, 1.82) is 0 Å². The number of rotatable bonds is 4. The van der Waals surface area contributed by atoms with Gasteiger partial charge in [-0.25, -0.2) is 4.39 Å². The summed E-state index contributed by atoms with van der Waals surface area (Å²) in [6.45, 7) is 3.71. The summed E-state index contributed by atoms with van der Waals surface area (Å²) in [5.41, 5.74) is 6.16. The molecule has 112 valence electrons. The Hall–Kier alpha value is -1.82. The molecule has 3 nitrogen and oxygen atoms in total. The van der Waals surface area contributed by atoms with Crippen molar-refractivity contribution < 1.29 is 18.3 Å². The molecule has 0 spiro atoms. The van der Waals surface area contributed by atoms with Crippen molar-refractivity contribution >= 4 is 21.6 Å².